The number of nitrogens with zero attached hydrogens (tertiary/aromatic N) is 3. The minimum absolute atomic E-state index is 0.0305. The third-order valence-corrected chi connectivity index (χ3v) is 6.25. The Morgan fingerprint density at radius 1 is 0.939 bits per heavy atom. The Morgan fingerprint density at radius 3 is 2.45 bits per heavy atom. The van der Waals surface area contributed by atoms with Crippen LogP contribution in [0.4, 0.5) is 18.9 Å². The van der Waals surface area contributed by atoms with E-state index in [2.05, 4.69) is 4.90 Å². The Morgan fingerprint density at radius 2 is 1.70 bits per heavy atom. The van der Waals surface area contributed by atoms with Crippen LogP contribution in [0, 0.1) is 0 Å². The quantitative estimate of drug-likeness (QED) is 0.653. The van der Waals surface area contributed by atoms with E-state index in [0.717, 1.165) is 40.6 Å². The van der Waals surface area contributed by atoms with Gasteiger partial charge in [0.25, 0.3) is 5.91 Å². The molecular weight excluding hydrogens is 439 g/mol. The summed E-state index contributed by atoms with van der Waals surface area (Å²) < 4.78 is 49.9. The number of carbonyl (C=O) groups is 2. The maximum atomic E-state index is 13.1. The number of hydrogen-bond acceptors (Lipinski definition) is 6. The van der Waals surface area contributed by atoms with Crippen LogP contribution in [0.2, 0.25) is 0 Å². The summed E-state index contributed by atoms with van der Waals surface area (Å²) in [6.07, 6.45) is -4.58. The Kier molecular flexibility index (Phi) is 5.49. The molecule has 3 heterocycles. The van der Waals surface area contributed by atoms with Gasteiger partial charge in [-0.2, -0.15) is 13.2 Å². The number of halogens is 3. The Labute approximate surface area is 188 Å². The predicted molar refractivity (Wildman–Crippen MR) is 112 cm³/mol. The lowest BCUT2D eigenvalue weighted by Gasteiger charge is -2.37. The second-order valence-electron chi connectivity index (χ2n) is 8.34. The lowest BCUT2D eigenvalue weighted by atomic mass is 10.1. The van der Waals surface area contributed by atoms with Crippen LogP contribution in [0.1, 0.15) is 17.5 Å². The summed E-state index contributed by atoms with van der Waals surface area (Å²) in [6.45, 7) is 3.53. The minimum atomic E-state index is -4.55. The molecule has 7 nitrogen and oxygen atoms in total. The molecule has 2 amide bonds. The van der Waals surface area contributed by atoms with Crippen molar-refractivity contribution in [1.29, 1.82) is 0 Å². The van der Waals surface area contributed by atoms with Gasteiger partial charge in [-0.1, -0.05) is 12.1 Å². The molecule has 3 aliphatic heterocycles. The van der Waals surface area contributed by atoms with E-state index in [1.54, 1.807) is 0 Å². The van der Waals surface area contributed by atoms with Crippen LogP contribution in [0.15, 0.2) is 42.5 Å². The second-order valence-corrected chi connectivity index (χ2v) is 8.34. The van der Waals surface area contributed by atoms with Crippen molar-refractivity contribution >= 4 is 17.5 Å². The van der Waals surface area contributed by atoms with E-state index in [-0.39, 0.29) is 18.9 Å². The highest BCUT2D eigenvalue weighted by molar-refractivity contribution is 6.22. The zero-order valence-electron chi connectivity index (χ0n) is 17.7. The van der Waals surface area contributed by atoms with Crippen molar-refractivity contribution < 1.29 is 32.2 Å². The minimum Gasteiger partial charge on any atom is -0.454 e. The lowest BCUT2D eigenvalue weighted by molar-refractivity contribution is -0.137. The maximum absolute atomic E-state index is 13.1. The molecule has 0 unspecified atom stereocenters. The Balaban J connectivity index is 1.22. The molecule has 0 saturated carbocycles. The van der Waals surface area contributed by atoms with E-state index in [1.807, 2.05) is 23.1 Å². The first kappa shape index (κ1) is 21.7. The van der Waals surface area contributed by atoms with Gasteiger partial charge in [-0.25, -0.2) is 4.90 Å². The first-order chi connectivity index (χ1) is 15.8. The van der Waals surface area contributed by atoms with E-state index in [1.165, 1.54) is 12.1 Å². The van der Waals surface area contributed by atoms with E-state index in [0.29, 0.717) is 26.2 Å². The number of anilines is 1. The molecule has 0 radical (unpaired) electrons. The molecule has 3 aliphatic rings. The lowest BCUT2D eigenvalue weighted by Crippen LogP contribution is -2.52. The summed E-state index contributed by atoms with van der Waals surface area (Å²) >= 11 is 0. The number of piperazine rings is 1. The monoisotopic (exact) mass is 461 g/mol. The van der Waals surface area contributed by atoms with Gasteiger partial charge in [0.2, 0.25) is 12.7 Å². The number of fused-ring (bicyclic) bond motifs is 1. The largest absolute Gasteiger partial charge is 0.454 e. The summed E-state index contributed by atoms with van der Waals surface area (Å²) in [7, 11) is 0. The molecule has 0 spiro atoms. The number of ether oxygens (including phenoxy) is 2. The van der Waals surface area contributed by atoms with Crippen LogP contribution in [0.5, 0.6) is 11.5 Å². The van der Waals surface area contributed by atoms with Crippen LogP contribution in [0.3, 0.4) is 0 Å². The van der Waals surface area contributed by atoms with Gasteiger partial charge in [0.1, 0.15) is 0 Å². The average molecular weight is 461 g/mol. The van der Waals surface area contributed by atoms with Gasteiger partial charge in [0.05, 0.1) is 23.7 Å². The smallest absolute Gasteiger partial charge is 0.416 e. The number of amides is 2. The fourth-order valence-corrected chi connectivity index (χ4v) is 4.52. The van der Waals surface area contributed by atoms with Gasteiger partial charge in [0.15, 0.2) is 11.5 Å². The topological polar surface area (TPSA) is 62.3 Å². The van der Waals surface area contributed by atoms with E-state index >= 15 is 0 Å². The first-order valence-electron chi connectivity index (χ1n) is 10.7. The molecule has 2 aromatic carbocycles. The summed E-state index contributed by atoms with van der Waals surface area (Å²) in [6, 6.07) is 9.52. The zero-order valence-corrected chi connectivity index (χ0v) is 17.7. The number of carbonyl (C=O) groups excluding carboxylic acids is 2. The Bertz CT molecular complexity index is 1080. The fourth-order valence-electron chi connectivity index (χ4n) is 4.52. The molecule has 5 rings (SSSR count). The predicted octanol–water partition coefficient (Wildman–Crippen LogP) is 2.88. The van der Waals surface area contributed by atoms with E-state index in [9.17, 15) is 22.8 Å². The highest BCUT2D eigenvalue weighted by atomic mass is 19.4. The molecule has 174 valence electrons. The molecule has 0 N–H and O–H groups in total. The molecule has 2 fully saturated rings. The van der Waals surface area contributed by atoms with Gasteiger partial charge in [0, 0.05) is 32.7 Å². The molecule has 1 atom stereocenters. The highest BCUT2D eigenvalue weighted by Crippen LogP contribution is 2.34. The van der Waals surface area contributed by atoms with Crippen LogP contribution >= 0.6 is 0 Å². The van der Waals surface area contributed by atoms with Crippen molar-refractivity contribution in [2.24, 2.45) is 0 Å². The van der Waals surface area contributed by atoms with Crippen molar-refractivity contribution in [2.75, 3.05) is 37.9 Å². The van der Waals surface area contributed by atoms with Gasteiger partial charge >= 0.3 is 6.18 Å². The second kappa shape index (κ2) is 8.35. The summed E-state index contributed by atoms with van der Waals surface area (Å²) in [5.74, 6) is 0.518. The van der Waals surface area contributed by atoms with Gasteiger partial charge in [-0.15, -0.1) is 0 Å². The molecule has 33 heavy (non-hydrogen) atoms. The van der Waals surface area contributed by atoms with Crippen molar-refractivity contribution in [1.82, 2.24) is 9.80 Å². The van der Waals surface area contributed by atoms with Crippen molar-refractivity contribution in [3.05, 3.63) is 53.6 Å². The Hall–Kier alpha value is -3.11. The number of imide groups is 1. The van der Waals surface area contributed by atoms with E-state index in [4.69, 9.17) is 9.47 Å². The average Bonchev–Trinajstić information content (AvgIpc) is 3.37. The zero-order chi connectivity index (χ0) is 23.2. The summed E-state index contributed by atoms with van der Waals surface area (Å²) in [5.41, 5.74) is 0.167. The molecule has 0 aliphatic carbocycles. The molecular formula is C23H22F3N3O4. The van der Waals surface area contributed by atoms with Gasteiger partial charge in [-0.3, -0.25) is 19.4 Å². The first-order valence-corrected chi connectivity index (χ1v) is 10.7. The van der Waals surface area contributed by atoms with Crippen molar-refractivity contribution in [3.63, 3.8) is 0 Å². The molecule has 0 bridgehead atoms. The van der Waals surface area contributed by atoms with E-state index < -0.39 is 29.6 Å². The highest BCUT2D eigenvalue weighted by Gasteiger charge is 2.44. The summed E-state index contributed by atoms with van der Waals surface area (Å²) in [4.78, 5) is 30.6. The van der Waals surface area contributed by atoms with Crippen molar-refractivity contribution in [3.8, 4) is 11.5 Å². The van der Waals surface area contributed by atoms with Crippen LogP contribution in [-0.4, -0.2) is 60.6 Å². The normalized spacial score (nSPS) is 21.8. The number of rotatable bonds is 4. The number of alkyl halides is 3. The number of hydrogen-bond donors (Lipinski definition) is 0. The van der Waals surface area contributed by atoms with Crippen LogP contribution in [-0.2, 0) is 22.3 Å². The third-order valence-electron chi connectivity index (χ3n) is 6.25. The molecule has 10 heteroatoms. The van der Waals surface area contributed by atoms with Crippen molar-refractivity contribution in [2.45, 2.75) is 25.2 Å². The SMILES string of the molecule is O=C1C[C@@H](N2CCN(Cc3ccc4c(c3)OCO4)CC2)C(=O)N1c1cccc(C(F)(F)F)c1. The number of benzene rings is 2. The van der Waals surface area contributed by atoms with Gasteiger partial charge < -0.3 is 9.47 Å². The van der Waals surface area contributed by atoms with Gasteiger partial charge in [-0.05, 0) is 35.9 Å². The third kappa shape index (κ3) is 4.28. The maximum Gasteiger partial charge on any atom is 0.416 e. The van der Waals surface area contributed by atoms with Crippen LogP contribution < -0.4 is 14.4 Å². The molecule has 2 saturated heterocycles. The summed E-state index contributed by atoms with van der Waals surface area (Å²) in [5, 5.41) is 0. The van der Waals surface area contributed by atoms with Crippen LogP contribution in [0.25, 0.3) is 0 Å². The molecule has 0 aromatic heterocycles. The fraction of sp³-hybridized carbons (Fsp3) is 0.391. The standard InChI is InChI=1S/C23H22F3N3O4/c24-23(25,26)16-2-1-3-17(11-16)29-21(30)12-18(22(29)31)28-8-6-27(7-9-28)13-15-4-5-19-20(10-15)33-14-32-19/h1-5,10-11,18H,6-9,12-14H2/t18-/m1/s1. The molecule has 2 aromatic rings.